The summed E-state index contributed by atoms with van der Waals surface area (Å²) in [7, 11) is 1.70. The highest BCUT2D eigenvalue weighted by Gasteiger charge is 2.73. The van der Waals surface area contributed by atoms with E-state index in [0.717, 1.165) is 11.1 Å². The van der Waals surface area contributed by atoms with Gasteiger partial charge in [0.15, 0.2) is 0 Å². The van der Waals surface area contributed by atoms with Crippen molar-refractivity contribution in [2.24, 2.45) is 11.8 Å². The molecule has 7 atom stereocenters. The Morgan fingerprint density at radius 1 is 0.957 bits per heavy atom. The van der Waals surface area contributed by atoms with E-state index in [1.54, 1.807) is 29.0 Å². The van der Waals surface area contributed by atoms with Crippen LogP contribution in [0.3, 0.4) is 0 Å². The molecular formula is C36H41N3O7. The Balaban J connectivity index is 1.47. The van der Waals surface area contributed by atoms with Crippen LogP contribution in [0.2, 0.25) is 0 Å². The van der Waals surface area contributed by atoms with Crippen LogP contribution in [0.5, 0.6) is 0 Å². The number of nitrogens with zero attached hydrogens (tertiary/aromatic N) is 3. The van der Waals surface area contributed by atoms with Crippen LogP contribution in [0.1, 0.15) is 42.6 Å². The van der Waals surface area contributed by atoms with Gasteiger partial charge in [-0.25, -0.2) is 0 Å². The van der Waals surface area contributed by atoms with E-state index in [1.807, 2.05) is 81.5 Å². The molecule has 4 aliphatic rings. The standard InChI is InChI=1S/C36H41N3O7/c1-22-12-11-13-23(2)30(22)38-19-10-6-9-16-27(41)37(4)24(3)31(25-14-7-5-8-15-25)45-35(44)28-26-17-18-36(46-26)29(28)33(42)39(20-21-40)32(36)34(38)43/h5-8,10-15,17-18,24,26,28-29,31-32,40H,9,16,19-21H2,1-4H3/b10-6-/t24-,26+,28-,29-,31+,32+,36-/m1/s1. The quantitative estimate of drug-likeness (QED) is 0.409. The molecule has 1 N–H and O–H groups in total. The van der Waals surface area contributed by atoms with Crippen LogP contribution in [-0.4, -0.2) is 89.1 Å². The van der Waals surface area contributed by atoms with Crippen LogP contribution in [-0.2, 0) is 28.7 Å². The second-order valence-corrected chi connectivity index (χ2v) is 12.7. The number of para-hydroxylation sites is 1. The number of hydrogen-bond acceptors (Lipinski definition) is 7. The fourth-order valence-electron chi connectivity index (χ4n) is 7.64. The van der Waals surface area contributed by atoms with Gasteiger partial charge in [0.05, 0.1) is 24.7 Å². The molecule has 0 unspecified atom stereocenters. The van der Waals surface area contributed by atoms with Crippen molar-refractivity contribution in [2.45, 2.75) is 63.5 Å². The minimum absolute atomic E-state index is 0.0931. The molecule has 0 radical (unpaired) electrons. The highest BCUT2D eigenvalue weighted by Crippen LogP contribution is 2.56. The summed E-state index contributed by atoms with van der Waals surface area (Å²) in [5.41, 5.74) is 1.78. The van der Waals surface area contributed by atoms with Gasteiger partial charge in [-0.2, -0.15) is 0 Å². The molecule has 242 valence electrons. The van der Waals surface area contributed by atoms with Gasteiger partial charge in [-0.1, -0.05) is 72.8 Å². The Bertz CT molecular complexity index is 1570. The zero-order valence-electron chi connectivity index (χ0n) is 26.7. The van der Waals surface area contributed by atoms with Crippen LogP contribution in [0.4, 0.5) is 5.69 Å². The Morgan fingerprint density at radius 3 is 2.37 bits per heavy atom. The van der Waals surface area contributed by atoms with E-state index in [9.17, 15) is 24.3 Å². The van der Waals surface area contributed by atoms with Gasteiger partial charge in [-0.05, 0) is 43.9 Å². The first-order chi connectivity index (χ1) is 22.1. The number of carbonyl (C=O) groups excluding carboxylic acids is 4. The molecule has 4 heterocycles. The number of likely N-dealkylation sites (N-methyl/N-ethyl adjacent to an activating group) is 1. The van der Waals surface area contributed by atoms with Crippen LogP contribution in [0, 0.1) is 25.7 Å². The molecule has 0 saturated carbocycles. The van der Waals surface area contributed by atoms with Crippen LogP contribution in [0.15, 0.2) is 72.8 Å². The van der Waals surface area contributed by atoms with E-state index >= 15 is 0 Å². The van der Waals surface area contributed by atoms with Gasteiger partial charge in [0.25, 0.3) is 5.91 Å². The number of amides is 3. The maximum atomic E-state index is 14.8. The molecular weight excluding hydrogens is 586 g/mol. The van der Waals surface area contributed by atoms with Crippen LogP contribution >= 0.6 is 0 Å². The number of allylic oxidation sites excluding steroid dienone is 1. The Kier molecular flexibility index (Phi) is 8.60. The van der Waals surface area contributed by atoms with Gasteiger partial charge < -0.3 is 29.3 Å². The third-order valence-corrected chi connectivity index (χ3v) is 9.99. The van der Waals surface area contributed by atoms with E-state index in [0.29, 0.717) is 17.7 Å². The fraction of sp³-hybridized carbons (Fsp3) is 0.444. The first-order valence-electron chi connectivity index (χ1n) is 15.9. The molecule has 2 fully saturated rings. The lowest BCUT2D eigenvalue weighted by Crippen LogP contribution is -2.56. The van der Waals surface area contributed by atoms with Crippen LogP contribution in [0.25, 0.3) is 0 Å². The van der Waals surface area contributed by atoms with E-state index in [1.165, 1.54) is 4.90 Å². The summed E-state index contributed by atoms with van der Waals surface area (Å²) in [6.07, 6.45) is 6.34. The number of aryl methyl sites for hydroxylation is 2. The normalized spacial score (nSPS) is 32.2. The summed E-state index contributed by atoms with van der Waals surface area (Å²) in [4.78, 5) is 61.2. The summed E-state index contributed by atoms with van der Waals surface area (Å²) in [6.45, 7) is 5.43. The lowest BCUT2D eigenvalue weighted by Gasteiger charge is -2.36. The first-order valence-corrected chi connectivity index (χ1v) is 15.9. The number of aliphatic hydroxyl groups is 1. The minimum Gasteiger partial charge on any atom is -0.455 e. The number of fused-ring (bicyclic) bond motifs is 2. The lowest BCUT2D eigenvalue weighted by molar-refractivity contribution is -0.164. The molecule has 46 heavy (non-hydrogen) atoms. The number of esters is 1. The van der Waals surface area contributed by atoms with Crippen molar-refractivity contribution in [3.05, 3.63) is 89.5 Å². The predicted molar refractivity (Wildman–Crippen MR) is 170 cm³/mol. The largest absolute Gasteiger partial charge is 0.455 e. The summed E-state index contributed by atoms with van der Waals surface area (Å²) < 4.78 is 12.7. The third-order valence-electron chi connectivity index (χ3n) is 9.99. The molecule has 4 aliphatic heterocycles. The van der Waals surface area contributed by atoms with Crippen molar-refractivity contribution in [2.75, 3.05) is 31.6 Å². The Labute approximate surface area is 269 Å². The molecule has 1 spiro atoms. The number of benzene rings is 2. The van der Waals surface area contributed by atoms with Crippen molar-refractivity contribution < 1.29 is 33.8 Å². The molecule has 2 aromatic rings. The van der Waals surface area contributed by atoms with Gasteiger partial charge in [0.2, 0.25) is 11.8 Å². The topological polar surface area (TPSA) is 117 Å². The van der Waals surface area contributed by atoms with Gasteiger partial charge in [0, 0.05) is 32.2 Å². The van der Waals surface area contributed by atoms with Crippen molar-refractivity contribution in [1.82, 2.24) is 9.80 Å². The zero-order valence-corrected chi connectivity index (χ0v) is 26.7. The summed E-state index contributed by atoms with van der Waals surface area (Å²) in [5, 5.41) is 10.0. The SMILES string of the molecule is Cc1cccc(C)c1N1C/C=C\CCC(=O)N(C)[C@H](C)[C@@H](c2ccccc2)OC(=O)[C@@H]2[C@@H]3C=C[C@]4(O3)[C@H](C1=O)N(CCO)C(=O)[C@@H]24. The summed E-state index contributed by atoms with van der Waals surface area (Å²) >= 11 is 0. The monoisotopic (exact) mass is 627 g/mol. The number of carbonyl (C=O) groups is 4. The number of likely N-dealkylation sites (tertiary alicyclic amines) is 1. The van der Waals surface area contributed by atoms with Crippen molar-refractivity contribution in [3.63, 3.8) is 0 Å². The zero-order chi connectivity index (χ0) is 32.7. The molecule has 5 bridgehead atoms. The van der Waals surface area contributed by atoms with E-state index in [4.69, 9.17) is 9.47 Å². The first kappa shape index (κ1) is 31.7. The van der Waals surface area contributed by atoms with Gasteiger partial charge in [0.1, 0.15) is 23.7 Å². The molecule has 10 heteroatoms. The van der Waals surface area contributed by atoms with Gasteiger partial charge in [-0.3, -0.25) is 19.2 Å². The number of aliphatic hydroxyl groups excluding tert-OH is 1. The van der Waals surface area contributed by atoms with E-state index < -0.39 is 53.6 Å². The van der Waals surface area contributed by atoms with Crippen LogP contribution < -0.4 is 4.90 Å². The second-order valence-electron chi connectivity index (χ2n) is 12.7. The average Bonchev–Trinajstić information content (AvgIpc) is 3.69. The molecule has 0 aliphatic carbocycles. The Hall–Kier alpha value is -4.28. The highest BCUT2D eigenvalue weighted by molar-refractivity contribution is 6.06. The minimum atomic E-state index is -1.41. The number of anilines is 1. The van der Waals surface area contributed by atoms with Gasteiger partial charge in [-0.15, -0.1) is 0 Å². The molecule has 2 aromatic carbocycles. The molecule has 6 rings (SSSR count). The lowest BCUT2D eigenvalue weighted by atomic mass is 9.74. The molecule has 3 amide bonds. The van der Waals surface area contributed by atoms with E-state index in [2.05, 4.69) is 0 Å². The van der Waals surface area contributed by atoms with Crippen molar-refractivity contribution >= 4 is 29.4 Å². The second kappa shape index (κ2) is 12.5. The predicted octanol–water partition coefficient (Wildman–Crippen LogP) is 3.26. The molecule has 0 aromatic heterocycles. The maximum Gasteiger partial charge on any atom is 0.313 e. The van der Waals surface area contributed by atoms with Crippen molar-refractivity contribution in [1.29, 1.82) is 0 Å². The number of hydrogen-bond donors (Lipinski definition) is 1. The number of ether oxygens (including phenoxy) is 2. The summed E-state index contributed by atoms with van der Waals surface area (Å²) in [5.74, 6) is -3.59. The number of β-amino-alcohol motifs (C(OH)–C–C–N with tert-alkyl or cyclic N) is 1. The molecule has 10 nitrogen and oxygen atoms in total. The smallest absolute Gasteiger partial charge is 0.313 e. The average molecular weight is 628 g/mol. The number of cyclic esters (lactones) is 1. The third kappa shape index (κ3) is 5.13. The van der Waals surface area contributed by atoms with Crippen molar-refractivity contribution in [3.8, 4) is 0 Å². The summed E-state index contributed by atoms with van der Waals surface area (Å²) in [6, 6.07) is 13.4. The highest BCUT2D eigenvalue weighted by atomic mass is 16.6. The van der Waals surface area contributed by atoms with Gasteiger partial charge >= 0.3 is 5.97 Å². The number of rotatable bonds is 4. The Morgan fingerprint density at radius 2 is 1.67 bits per heavy atom. The fourth-order valence-corrected chi connectivity index (χ4v) is 7.64. The maximum absolute atomic E-state index is 14.8. The van der Waals surface area contributed by atoms with E-state index in [-0.39, 0.29) is 37.9 Å². The molecule has 2 saturated heterocycles.